The molecule has 0 saturated heterocycles. The van der Waals surface area contributed by atoms with Gasteiger partial charge in [0, 0.05) is 23.2 Å². The van der Waals surface area contributed by atoms with Gasteiger partial charge in [-0.1, -0.05) is 13.0 Å². The Morgan fingerprint density at radius 3 is 2.79 bits per heavy atom. The Labute approximate surface area is 141 Å². The van der Waals surface area contributed by atoms with E-state index >= 15 is 0 Å². The monoisotopic (exact) mass is 326 g/mol. The number of nitrogens with zero attached hydrogens (tertiary/aromatic N) is 2. The van der Waals surface area contributed by atoms with E-state index in [0.29, 0.717) is 17.1 Å². The first kappa shape index (κ1) is 16.2. The molecule has 1 aliphatic carbocycles. The maximum Gasteiger partial charge on any atom is 0.256 e. The van der Waals surface area contributed by atoms with Crippen molar-refractivity contribution < 1.29 is 9.59 Å². The fourth-order valence-electron chi connectivity index (χ4n) is 2.45. The number of carbonyl (C=O) groups is 2. The highest BCUT2D eigenvalue weighted by Gasteiger charge is 2.29. The molecule has 2 N–H and O–H groups in total. The molecule has 2 aromatic rings. The van der Waals surface area contributed by atoms with Crippen molar-refractivity contribution in [2.45, 2.75) is 39.2 Å². The van der Waals surface area contributed by atoms with E-state index in [1.165, 1.54) is 0 Å². The van der Waals surface area contributed by atoms with Gasteiger partial charge < -0.3 is 10.6 Å². The van der Waals surface area contributed by atoms with Crippen LogP contribution in [0.5, 0.6) is 0 Å². The molecule has 2 amide bonds. The predicted molar refractivity (Wildman–Crippen MR) is 93.0 cm³/mol. The molecule has 1 aromatic heterocycles. The van der Waals surface area contributed by atoms with Crippen LogP contribution in [-0.4, -0.2) is 21.6 Å². The van der Waals surface area contributed by atoms with Gasteiger partial charge in [-0.05, 0) is 44.4 Å². The first-order chi connectivity index (χ1) is 11.6. The van der Waals surface area contributed by atoms with E-state index in [2.05, 4.69) is 29.6 Å². The van der Waals surface area contributed by atoms with Gasteiger partial charge in [0.2, 0.25) is 5.91 Å². The summed E-state index contributed by atoms with van der Waals surface area (Å²) in [7, 11) is 0. The molecule has 0 aliphatic heterocycles. The third-order valence-corrected chi connectivity index (χ3v) is 4.26. The normalized spacial score (nSPS) is 14.9. The lowest BCUT2D eigenvalue weighted by atomic mass is 10.2. The van der Waals surface area contributed by atoms with E-state index in [0.717, 1.165) is 19.3 Å². The lowest BCUT2D eigenvalue weighted by Gasteiger charge is -2.14. The number of carbonyl (C=O) groups excluding carboxylic acids is 2. The number of nitrogens with one attached hydrogen (secondary N) is 2. The van der Waals surface area contributed by atoms with Gasteiger partial charge in [0.15, 0.2) is 0 Å². The van der Waals surface area contributed by atoms with Crippen molar-refractivity contribution in [3.63, 3.8) is 0 Å². The summed E-state index contributed by atoms with van der Waals surface area (Å²) in [6, 6.07) is 8.97. The Morgan fingerprint density at radius 2 is 2.08 bits per heavy atom. The lowest BCUT2D eigenvalue weighted by molar-refractivity contribution is -0.117. The summed E-state index contributed by atoms with van der Waals surface area (Å²) >= 11 is 0. The molecule has 1 unspecified atom stereocenters. The first-order valence-electron chi connectivity index (χ1n) is 8.34. The number of amides is 2. The fraction of sp³-hybridized carbons (Fsp3) is 0.389. The van der Waals surface area contributed by atoms with E-state index in [4.69, 9.17) is 0 Å². The van der Waals surface area contributed by atoms with Gasteiger partial charge in [-0.25, -0.2) is 4.68 Å². The zero-order chi connectivity index (χ0) is 17.1. The molecule has 6 nitrogen and oxygen atoms in total. The Balaban J connectivity index is 1.71. The molecule has 6 heteroatoms. The van der Waals surface area contributed by atoms with E-state index in [1.807, 2.05) is 0 Å². The SMILES string of the molecule is CCC(C)n1nccc1NC(=O)c1cccc(NC(=O)C2CC2)c1. The quantitative estimate of drug-likeness (QED) is 0.853. The second-order valence-electron chi connectivity index (χ2n) is 6.22. The number of benzene rings is 1. The molecular weight excluding hydrogens is 304 g/mol. The summed E-state index contributed by atoms with van der Waals surface area (Å²) in [5, 5.41) is 10.0. The number of hydrogen-bond acceptors (Lipinski definition) is 3. The summed E-state index contributed by atoms with van der Waals surface area (Å²) < 4.78 is 1.80. The Kier molecular flexibility index (Phi) is 4.64. The number of anilines is 2. The van der Waals surface area contributed by atoms with Crippen molar-refractivity contribution in [2.24, 2.45) is 5.92 Å². The van der Waals surface area contributed by atoms with Crippen LogP contribution in [0.3, 0.4) is 0 Å². The third-order valence-electron chi connectivity index (χ3n) is 4.26. The van der Waals surface area contributed by atoms with Crippen LogP contribution in [0.15, 0.2) is 36.5 Å². The van der Waals surface area contributed by atoms with Gasteiger partial charge >= 0.3 is 0 Å². The number of rotatable bonds is 6. The highest BCUT2D eigenvalue weighted by molar-refractivity contribution is 6.05. The molecular formula is C18H22N4O2. The summed E-state index contributed by atoms with van der Waals surface area (Å²) in [4.78, 5) is 24.3. The van der Waals surface area contributed by atoms with Gasteiger partial charge in [0.05, 0.1) is 12.2 Å². The standard InChI is InChI=1S/C18H22N4O2/c1-3-12(2)22-16(9-10-19-22)21-18(24)14-5-4-6-15(11-14)20-17(23)13-7-8-13/h4-6,9-13H,3,7-8H2,1-2H3,(H,20,23)(H,21,24). The summed E-state index contributed by atoms with van der Waals surface area (Å²) in [6.45, 7) is 4.13. The maximum absolute atomic E-state index is 12.5. The van der Waals surface area contributed by atoms with Crippen molar-refractivity contribution in [3.8, 4) is 0 Å². The second kappa shape index (κ2) is 6.86. The summed E-state index contributed by atoms with van der Waals surface area (Å²) in [6.07, 6.45) is 4.50. The average Bonchev–Trinajstić information content (AvgIpc) is 3.34. The van der Waals surface area contributed by atoms with Gasteiger partial charge in [-0.15, -0.1) is 0 Å². The fourth-order valence-corrected chi connectivity index (χ4v) is 2.45. The lowest BCUT2D eigenvalue weighted by Crippen LogP contribution is -2.18. The molecule has 0 radical (unpaired) electrons. The minimum absolute atomic E-state index is 0.0300. The zero-order valence-electron chi connectivity index (χ0n) is 14.0. The van der Waals surface area contributed by atoms with Crippen molar-refractivity contribution in [1.29, 1.82) is 0 Å². The second-order valence-corrected chi connectivity index (χ2v) is 6.22. The van der Waals surface area contributed by atoms with E-state index in [1.54, 1.807) is 41.2 Å². The maximum atomic E-state index is 12.5. The molecule has 0 spiro atoms. The summed E-state index contributed by atoms with van der Waals surface area (Å²) in [5.74, 6) is 0.610. The zero-order valence-corrected chi connectivity index (χ0v) is 14.0. The molecule has 1 heterocycles. The van der Waals surface area contributed by atoms with E-state index < -0.39 is 0 Å². The molecule has 24 heavy (non-hydrogen) atoms. The van der Waals surface area contributed by atoms with Crippen LogP contribution in [0.4, 0.5) is 11.5 Å². The van der Waals surface area contributed by atoms with Crippen LogP contribution < -0.4 is 10.6 Å². The van der Waals surface area contributed by atoms with E-state index in [9.17, 15) is 9.59 Å². The Bertz CT molecular complexity index is 749. The van der Waals surface area contributed by atoms with Crippen molar-refractivity contribution in [3.05, 3.63) is 42.1 Å². The number of aromatic nitrogens is 2. The van der Waals surface area contributed by atoms with Crippen molar-refractivity contribution in [1.82, 2.24) is 9.78 Å². The molecule has 1 saturated carbocycles. The number of hydrogen-bond donors (Lipinski definition) is 2. The molecule has 1 fully saturated rings. The van der Waals surface area contributed by atoms with Gasteiger partial charge in [0.1, 0.15) is 5.82 Å². The van der Waals surface area contributed by atoms with Crippen LogP contribution in [0.2, 0.25) is 0 Å². The molecule has 1 aliphatic rings. The Hall–Kier alpha value is -2.63. The largest absolute Gasteiger partial charge is 0.326 e. The molecule has 0 bridgehead atoms. The third kappa shape index (κ3) is 3.64. The first-order valence-corrected chi connectivity index (χ1v) is 8.34. The molecule has 126 valence electrons. The van der Waals surface area contributed by atoms with Crippen LogP contribution in [0, 0.1) is 5.92 Å². The van der Waals surface area contributed by atoms with Crippen molar-refractivity contribution in [2.75, 3.05) is 10.6 Å². The van der Waals surface area contributed by atoms with Gasteiger partial charge in [-0.3, -0.25) is 9.59 Å². The molecule has 3 rings (SSSR count). The topological polar surface area (TPSA) is 76.0 Å². The highest BCUT2D eigenvalue weighted by Crippen LogP contribution is 2.30. The van der Waals surface area contributed by atoms with Gasteiger partial charge in [-0.2, -0.15) is 5.10 Å². The van der Waals surface area contributed by atoms with Crippen molar-refractivity contribution >= 4 is 23.3 Å². The highest BCUT2D eigenvalue weighted by atomic mass is 16.2. The van der Waals surface area contributed by atoms with Gasteiger partial charge in [0.25, 0.3) is 5.91 Å². The molecule has 1 aromatic carbocycles. The Morgan fingerprint density at radius 1 is 1.29 bits per heavy atom. The average molecular weight is 326 g/mol. The van der Waals surface area contributed by atoms with Crippen LogP contribution in [-0.2, 0) is 4.79 Å². The van der Waals surface area contributed by atoms with Crippen LogP contribution >= 0.6 is 0 Å². The summed E-state index contributed by atoms with van der Waals surface area (Å²) in [5.41, 5.74) is 1.15. The predicted octanol–water partition coefficient (Wildman–Crippen LogP) is 3.45. The molecule has 1 atom stereocenters. The van der Waals surface area contributed by atoms with E-state index in [-0.39, 0.29) is 23.8 Å². The smallest absolute Gasteiger partial charge is 0.256 e. The minimum Gasteiger partial charge on any atom is -0.326 e. The van der Waals surface area contributed by atoms with Crippen LogP contribution in [0.1, 0.15) is 49.5 Å². The van der Waals surface area contributed by atoms with Crippen LogP contribution in [0.25, 0.3) is 0 Å². The minimum atomic E-state index is -0.220.